The van der Waals surface area contributed by atoms with Crippen molar-refractivity contribution < 1.29 is 32.6 Å². The van der Waals surface area contributed by atoms with Gasteiger partial charge in [-0.3, -0.25) is 18.4 Å². The highest BCUT2D eigenvalue weighted by molar-refractivity contribution is 7.51. The number of aromatic nitrogens is 4. The average molecular weight is 498 g/mol. The number of nitrogen functional groups attached to an aromatic ring is 1. The average Bonchev–Trinajstić information content (AvgIpc) is 3.32. The molecular formula is C20H31N6O7P. The van der Waals surface area contributed by atoms with Crippen LogP contribution in [-0.4, -0.2) is 63.6 Å². The van der Waals surface area contributed by atoms with Crippen LogP contribution in [0.25, 0.3) is 11.2 Å². The molecule has 2 saturated heterocycles. The number of nitrogens with one attached hydrogen (secondary N) is 1. The summed E-state index contributed by atoms with van der Waals surface area (Å²) in [6.07, 6.45) is 0.00655. The zero-order valence-corrected chi connectivity index (χ0v) is 20.7. The molecule has 4 heterocycles. The number of carbonyl (C=O) groups is 1. The Hall–Kier alpha value is -2.31. The van der Waals surface area contributed by atoms with Crippen LogP contribution >= 0.6 is 7.75 Å². The van der Waals surface area contributed by atoms with Crippen molar-refractivity contribution in [2.75, 3.05) is 25.6 Å². The van der Waals surface area contributed by atoms with Gasteiger partial charge in [0.15, 0.2) is 11.2 Å². The van der Waals surface area contributed by atoms with Gasteiger partial charge >= 0.3 is 13.7 Å². The van der Waals surface area contributed by atoms with Gasteiger partial charge in [-0.25, -0.2) is 14.6 Å². The Morgan fingerprint density at radius 3 is 2.85 bits per heavy atom. The first kappa shape index (κ1) is 24.8. The molecule has 3 N–H and O–H groups in total. The second kappa shape index (κ2) is 9.74. The third-order valence-corrected chi connectivity index (χ3v) is 7.26. The Morgan fingerprint density at radius 2 is 2.15 bits per heavy atom. The second-order valence-electron chi connectivity index (χ2n) is 8.81. The lowest BCUT2D eigenvalue weighted by Crippen LogP contribution is -2.42. The summed E-state index contributed by atoms with van der Waals surface area (Å²) in [5, 5.41) is 2.67. The Balaban J connectivity index is 1.49. The molecule has 4 rings (SSSR count). The van der Waals surface area contributed by atoms with Gasteiger partial charge in [-0.15, -0.1) is 0 Å². The van der Waals surface area contributed by atoms with E-state index in [0.29, 0.717) is 23.7 Å². The Morgan fingerprint density at radius 1 is 1.38 bits per heavy atom. The molecule has 2 aromatic heterocycles. The normalized spacial score (nSPS) is 29.8. The predicted molar refractivity (Wildman–Crippen MR) is 121 cm³/mol. The first-order valence-corrected chi connectivity index (χ1v) is 12.8. The number of hydrogen-bond donors (Lipinski definition) is 2. The first-order chi connectivity index (χ1) is 16.1. The summed E-state index contributed by atoms with van der Waals surface area (Å²) in [5.41, 5.74) is 6.78. The number of nitrogens with two attached hydrogens (primary N) is 1. The second-order valence-corrected chi connectivity index (χ2v) is 10.5. The molecule has 0 radical (unpaired) electrons. The topological polar surface area (TPSA) is 162 Å². The predicted octanol–water partition coefficient (Wildman–Crippen LogP) is 2.04. The molecule has 0 bridgehead atoms. The van der Waals surface area contributed by atoms with Crippen molar-refractivity contribution in [1.29, 1.82) is 0 Å². The molecule has 0 aliphatic carbocycles. The number of anilines is 1. The van der Waals surface area contributed by atoms with Gasteiger partial charge in [0, 0.05) is 5.92 Å². The van der Waals surface area contributed by atoms with Crippen LogP contribution in [0.15, 0.2) is 6.33 Å². The number of hydrogen-bond acceptors (Lipinski definition) is 11. The summed E-state index contributed by atoms with van der Waals surface area (Å²) in [6.45, 7) is 9.85. The molecule has 1 unspecified atom stereocenters. The molecule has 0 saturated carbocycles. The summed E-state index contributed by atoms with van der Waals surface area (Å²) in [6, 6.07) is -0.871. The fourth-order valence-electron chi connectivity index (χ4n) is 3.92. The number of imidazole rings is 1. The minimum absolute atomic E-state index is 0.0253. The Labute approximate surface area is 197 Å². The molecule has 0 amide bonds. The lowest BCUT2D eigenvalue weighted by molar-refractivity contribution is -0.146. The standard InChI is InChI=1S/C20H31N6O7P/c1-6-29-17-14-16(23-20(21)24-17)26(9-22-14)18-11(4)15-13(32-18)8-31-34(28,33-15)25-12(5)19(27)30-7-10(2)3/h9-13,15,18H,6-8H2,1-5H3,(H,25,28)(H2,21,23,24)/t11-,12-,13+,15-,18+,34?/m0/s1. The van der Waals surface area contributed by atoms with E-state index in [2.05, 4.69) is 20.0 Å². The van der Waals surface area contributed by atoms with E-state index in [9.17, 15) is 9.36 Å². The molecule has 2 aromatic rings. The molecule has 188 valence electrons. The lowest BCUT2D eigenvalue weighted by Gasteiger charge is -2.33. The van der Waals surface area contributed by atoms with Gasteiger partial charge in [0.2, 0.25) is 11.8 Å². The van der Waals surface area contributed by atoms with E-state index >= 15 is 0 Å². The fourth-order valence-corrected chi connectivity index (χ4v) is 5.69. The molecule has 0 spiro atoms. The van der Waals surface area contributed by atoms with Crippen molar-refractivity contribution in [3.8, 4) is 5.88 Å². The van der Waals surface area contributed by atoms with Gasteiger partial charge in [0.25, 0.3) is 0 Å². The van der Waals surface area contributed by atoms with Crippen molar-refractivity contribution in [2.45, 2.75) is 59.1 Å². The third kappa shape index (κ3) is 4.89. The largest absolute Gasteiger partial charge is 0.476 e. The summed E-state index contributed by atoms with van der Waals surface area (Å²) >= 11 is 0. The Bertz CT molecular complexity index is 1090. The van der Waals surface area contributed by atoms with E-state index in [-0.39, 0.29) is 31.0 Å². The van der Waals surface area contributed by atoms with Gasteiger partial charge in [-0.1, -0.05) is 20.8 Å². The molecular weight excluding hydrogens is 467 g/mol. The summed E-state index contributed by atoms with van der Waals surface area (Å²) < 4.78 is 43.2. The van der Waals surface area contributed by atoms with E-state index in [4.69, 9.17) is 29.0 Å². The Kier molecular flexibility index (Phi) is 7.11. The third-order valence-electron chi connectivity index (χ3n) is 5.54. The molecule has 6 atom stereocenters. The highest BCUT2D eigenvalue weighted by Crippen LogP contribution is 2.54. The minimum atomic E-state index is -3.78. The van der Waals surface area contributed by atoms with Gasteiger partial charge in [-0.2, -0.15) is 9.97 Å². The van der Waals surface area contributed by atoms with Crippen LogP contribution in [0.5, 0.6) is 5.88 Å². The summed E-state index contributed by atoms with van der Waals surface area (Å²) in [7, 11) is -3.78. The fraction of sp³-hybridized carbons (Fsp3) is 0.700. The van der Waals surface area contributed by atoms with E-state index in [1.54, 1.807) is 17.8 Å². The molecule has 13 nitrogen and oxygen atoms in total. The van der Waals surface area contributed by atoms with Crippen LogP contribution < -0.4 is 15.6 Å². The maximum atomic E-state index is 13.2. The molecule has 2 aliphatic rings. The zero-order valence-electron chi connectivity index (χ0n) is 19.8. The van der Waals surface area contributed by atoms with E-state index in [1.807, 2.05) is 27.7 Å². The van der Waals surface area contributed by atoms with Crippen molar-refractivity contribution >= 4 is 30.8 Å². The van der Waals surface area contributed by atoms with Gasteiger partial charge in [-0.05, 0) is 19.8 Å². The maximum absolute atomic E-state index is 13.2. The maximum Gasteiger partial charge on any atom is 0.406 e. The van der Waals surface area contributed by atoms with E-state index in [1.165, 1.54) is 0 Å². The van der Waals surface area contributed by atoms with Crippen molar-refractivity contribution in [3.05, 3.63) is 6.33 Å². The molecule has 14 heteroatoms. The highest BCUT2D eigenvalue weighted by atomic mass is 31.2. The van der Waals surface area contributed by atoms with E-state index < -0.39 is 38.2 Å². The first-order valence-electron chi connectivity index (χ1n) is 11.3. The van der Waals surface area contributed by atoms with Crippen LogP contribution in [0, 0.1) is 11.8 Å². The van der Waals surface area contributed by atoms with Crippen LogP contribution in [0.2, 0.25) is 0 Å². The van der Waals surface area contributed by atoms with Crippen LogP contribution in [0.3, 0.4) is 0 Å². The zero-order chi connectivity index (χ0) is 24.6. The smallest absolute Gasteiger partial charge is 0.406 e. The SMILES string of the molecule is CCOc1nc(N)nc2c1ncn2[C@@H]1O[C@@H]2COP(=O)(N[C@@H](C)C(=O)OCC(C)C)O[C@H]2[C@@H]1C. The van der Waals surface area contributed by atoms with Crippen molar-refractivity contribution in [1.82, 2.24) is 24.6 Å². The number of carbonyl (C=O) groups excluding carboxylic acids is 1. The molecule has 0 aromatic carbocycles. The number of ether oxygens (including phenoxy) is 3. The monoisotopic (exact) mass is 498 g/mol. The minimum Gasteiger partial charge on any atom is -0.476 e. The van der Waals surface area contributed by atoms with Crippen molar-refractivity contribution in [2.24, 2.45) is 11.8 Å². The van der Waals surface area contributed by atoms with Gasteiger partial charge < -0.3 is 19.9 Å². The number of nitrogens with zero attached hydrogens (tertiary/aromatic N) is 4. The molecule has 2 fully saturated rings. The molecule has 34 heavy (non-hydrogen) atoms. The molecule has 2 aliphatic heterocycles. The van der Waals surface area contributed by atoms with Crippen LogP contribution in [0.1, 0.15) is 40.8 Å². The lowest BCUT2D eigenvalue weighted by atomic mass is 10.0. The van der Waals surface area contributed by atoms with Crippen LogP contribution in [-0.2, 0) is 27.9 Å². The number of fused-ring (bicyclic) bond motifs is 2. The number of rotatable bonds is 8. The van der Waals surface area contributed by atoms with Crippen LogP contribution in [0.4, 0.5) is 5.95 Å². The quantitative estimate of drug-likeness (QED) is 0.403. The van der Waals surface area contributed by atoms with Crippen molar-refractivity contribution in [3.63, 3.8) is 0 Å². The summed E-state index contributed by atoms with van der Waals surface area (Å²) in [4.78, 5) is 25.0. The number of esters is 1. The highest BCUT2D eigenvalue weighted by Gasteiger charge is 2.52. The summed E-state index contributed by atoms with van der Waals surface area (Å²) in [5.74, 6) is -0.255. The van der Waals surface area contributed by atoms with E-state index in [0.717, 1.165) is 0 Å². The van der Waals surface area contributed by atoms with Gasteiger partial charge in [0.1, 0.15) is 24.5 Å². The van der Waals surface area contributed by atoms with Gasteiger partial charge in [0.05, 0.1) is 26.1 Å².